The molecule has 1 saturated heterocycles. The molecule has 2 amide bonds. The average molecular weight is 286 g/mol. The average Bonchev–Trinajstić information content (AvgIpc) is 2.44. The number of carbonyl (C=O) groups is 2. The SMILES string of the molecule is Cc1cc(C)cc(NC(=O)/C=C/C(=O)N2CCCCC2)c1. The number of nitrogens with one attached hydrogen (secondary N) is 1. The van der Waals surface area contributed by atoms with E-state index in [4.69, 9.17) is 0 Å². The predicted molar refractivity (Wildman–Crippen MR) is 84.1 cm³/mol. The Bertz CT molecular complexity index is 538. The molecule has 1 aromatic rings. The van der Waals surface area contributed by atoms with Crippen molar-refractivity contribution >= 4 is 17.5 Å². The molecule has 1 heterocycles. The second-order valence-electron chi connectivity index (χ2n) is 5.58. The molecule has 0 aromatic heterocycles. The van der Waals surface area contributed by atoms with E-state index in [0.29, 0.717) is 0 Å². The van der Waals surface area contributed by atoms with E-state index >= 15 is 0 Å². The number of nitrogens with zero attached hydrogens (tertiary/aromatic N) is 1. The van der Waals surface area contributed by atoms with Crippen LogP contribution in [-0.2, 0) is 9.59 Å². The van der Waals surface area contributed by atoms with Crippen LogP contribution >= 0.6 is 0 Å². The normalized spacial score (nSPS) is 15.2. The zero-order chi connectivity index (χ0) is 15.2. The molecule has 0 atom stereocenters. The highest BCUT2D eigenvalue weighted by Crippen LogP contribution is 2.14. The highest BCUT2D eigenvalue weighted by Gasteiger charge is 2.14. The number of hydrogen-bond acceptors (Lipinski definition) is 2. The van der Waals surface area contributed by atoms with Gasteiger partial charge in [0.05, 0.1) is 0 Å². The van der Waals surface area contributed by atoms with Crippen LogP contribution in [0.15, 0.2) is 30.4 Å². The topological polar surface area (TPSA) is 49.4 Å². The first-order chi connectivity index (χ1) is 10.0. The number of aryl methyl sites for hydroxylation is 2. The molecule has 1 aliphatic rings. The molecule has 1 aromatic carbocycles. The van der Waals surface area contributed by atoms with Gasteiger partial charge in [0.2, 0.25) is 11.8 Å². The van der Waals surface area contributed by atoms with Gasteiger partial charge in [0.25, 0.3) is 0 Å². The van der Waals surface area contributed by atoms with Crippen molar-refractivity contribution in [1.82, 2.24) is 4.90 Å². The Balaban J connectivity index is 1.91. The van der Waals surface area contributed by atoms with E-state index in [1.807, 2.05) is 32.0 Å². The molecule has 2 rings (SSSR count). The standard InChI is InChI=1S/C17H22N2O2/c1-13-10-14(2)12-15(11-13)18-16(20)6-7-17(21)19-8-4-3-5-9-19/h6-7,10-12H,3-5,8-9H2,1-2H3,(H,18,20)/b7-6+. The minimum Gasteiger partial charge on any atom is -0.339 e. The minimum absolute atomic E-state index is 0.0785. The number of piperidine rings is 1. The molecule has 1 fully saturated rings. The van der Waals surface area contributed by atoms with Crippen LogP contribution < -0.4 is 5.32 Å². The van der Waals surface area contributed by atoms with Crippen LogP contribution in [-0.4, -0.2) is 29.8 Å². The maximum Gasteiger partial charge on any atom is 0.248 e. The van der Waals surface area contributed by atoms with Crippen LogP contribution in [0.5, 0.6) is 0 Å². The number of amides is 2. The Morgan fingerprint density at radius 1 is 1.00 bits per heavy atom. The van der Waals surface area contributed by atoms with Gasteiger partial charge in [0, 0.05) is 30.9 Å². The van der Waals surface area contributed by atoms with Gasteiger partial charge in [-0.1, -0.05) is 6.07 Å². The summed E-state index contributed by atoms with van der Waals surface area (Å²) in [6.45, 7) is 5.56. The van der Waals surface area contributed by atoms with Gasteiger partial charge in [-0.25, -0.2) is 0 Å². The number of anilines is 1. The predicted octanol–water partition coefficient (Wildman–Crippen LogP) is 2.81. The van der Waals surface area contributed by atoms with Crippen molar-refractivity contribution in [2.75, 3.05) is 18.4 Å². The molecule has 0 radical (unpaired) electrons. The van der Waals surface area contributed by atoms with Crippen LogP contribution in [0.1, 0.15) is 30.4 Å². The second-order valence-corrected chi connectivity index (χ2v) is 5.58. The Kier molecular flexibility index (Phi) is 5.14. The molecule has 112 valence electrons. The quantitative estimate of drug-likeness (QED) is 0.869. The summed E-state index contributed by atoms with van der Waals surface area (Å²) in [5, 5.41) is 2.79. The maximum absolute atomic E-state index is 11.9. The number of likely N-dealkylation sites (tertiary alicyclic amines) is 1. The molecule has 0 saturated carbocycles. The maximum atomic E-state index is 11.9. The van der Waals surface area contributed by atoms with Crippen molar-refractivity contribution in [3.8, 4) is 0 Å². The fraction of sp³-hybridized carbons (Fsp3) is 0.412. The highest BCUT2D eigenvalue weighted by molar-refractivity contribution is 6.03. The first kappa shape index (κ1) is 15.3. The lowest BCUT2D eigenvalue weighted by Gasteiger charge is -2.25. The molecular weight excluding hydrogens is 264 g/mol. The van der Waals surface area contributed by atoms with E-state index in [0.717, 1.165) is 42.7 Å². The van der Waals surface area contributed by atoms with Crippen LogP contribution in [0.3, 0.4) is 0 Å². The lowest BCUT2D eigenvalue weighted by atomic mass is 10.1. The number of hydrogen-bond donors (Lipinski definition) is 1. The van der Waals surface area contributed by atoms with Crippen LogP contribution in [0.25, 0.3) is 0 Å². The number of rotatable bonds is 3. The third-order valence-electron chi connectivity index (χ3n) is 3.53. The zero-order valence-corrected chi connectivity index (χ0v) is 12.7. The van der Waals surface area contributed by atoms with Gasteiger partial charge < -0.3 is 10.2 Å². The summed E-state index contributed by atoms with van der Waals surface area (Å²) in [6, 6.07) is 5.86. The fourth-order valence-corrected chi connectivity index (χ4v) is 2.60. The minimum atomic E-state index is -0.273. The Morgan fingerprint density at radius 3 is 2.24 bits per heavy atom. The summed E-state index contributed by atoms with van der Waals surface area (Å²) in [5.41, 5.74) is 2.95. The molecular formula is C17H22N2O2. The summed E-state index contributed by atoms with van der Waals surface area (Å²) in [7, 11) is 0. The first-order valence-electron chi connectivity index (χ1n) is 7.41. The van der Waals surface area contributed by atoms with Crippen molar-refractivity contribution in [3.05, 3.63) is 41.5 Å². The van der Waals surface area contributed by atoms with Gasteiger partial charge in [0.1, 0.15) is 0 Å². The van der Waals surface area contributed by atoms with E-state index in [1.54, 1.807) is 4.90 Å². The van der Waals surface area contributed by atoms with E-state index in [2.05, 4.69) is 5.32 Å². The summed E-state index contributed by atoms with van der Waals surface area (Å²) < 4.78 is 0. The van der Waals surface area contributed by atoms with E-state index in [1.165, 1.54) is 18.6 Å². The molecule has 1 aliphatic heterocycles. The highest BCUT2D eigenvalue weighted by atomic mass is 16.2. The molecule has 4 heteroatoms. The lowest BCUT2D eigenvalue weighted by Crippen LogP contribution is -2.34. The molecule has 0 unspecified atom stereocenters. The Hall–Kier alpha value is -2.10. The lowest BCUT2D eigenvalue weighted by molar-refractivity contribution is -0.127. The Labute approximate surface area is 125 Å². The van der Waals surface area contributed by atoms with Crippen LogP contribution in [0.2, 0.25) is 0 Å². The first-order valence-corrected chi connectivity index (χ1v) is 7.41. The number of carbonyl (C=O) groups excluding carboxylic acids is 2. The van der Waals surface area contributed by atoms with Crippen molar-refractivity contribution in [2.24, 2.45) is 0 Å². The van der Waals surface area contributed by atoms with Gasteiger partial charge >= 0.3 is 0 Å². The third kappa shape index (κ3) is 4.74. The van der Waals surface area contributed by atoms with Crippen molar-refractivity contribution in [2.45, 2.75) is 33.1 Å². The third-order valence-corrected chi connectivity index (χ3v) is 3.53. The van der Waals surface area contributed by atoms with Crippen molar-refractivity contribution in [1.29, 1.82) is 0 Å². The molecule has 21 heavy (non-hydrogen) atoms. The zero-order valence-electron chi connectivity index (χ0n) is 12.7. The van der Waals surface area contributed by atoms with Gasteiger partial charge in [-0.2, -0.15) is 0 Å². The van der Waals surface area contributed by atoms with Crippen LogP contribution in [0.4, 0.5) is 5.69 Å². The fourth-order valence-electron chi connectivity index (χ4n) is 2.60. The summed E-state index contributed by atoms with van der Waals surface area (Å²) >= 11 is 0. The van der Waals surface area contributed by atoms with Gasteiger partial charge in [-0.15, -0.1) is 0 Å². The molecule has 0 bridgehead atoms. The monoisotopic (exact) mass is 286 g/mol. The molecule has 1 N–H and O–H groups in total. The largest absolute Gasteiger partial charge is 0.339 e. The van der Waals surface area contributed by atoms with E-state index in [-0.39, 0.29) is 11.8 Å². The van der Waals surface area contributed by atoms with Crippen molar-refractivity contribution in [3.63, 3.8) is 0 Å². The van der Waals surface area contributed by atoms with E-state index < -0.39 is 0 Å². The Morgan fingerprint density at radius 2 is 1.62 bits per heavy atom. The smallest absolute Gasteiger partial charge is 0.248 e. The van der Waals surface area contributed by atoms with Crippen LogP contribution in [0, 0.1) is 13.8 Å². The van der Waals surface area contributed by atoms with E-state index in [9.17, 15) is 9.59 Å². The number of benzene rings is 1. The summed E-state index contributed by atoms with van der Waals surface area (Å²) in [6.07, 6.45) is 5.96. The summed E-state index contributed by atoms with van der Waals surface area (Å²) in [4.78, 5) is 25.6. The molecule has 0 spiro atoms. The van der Waals surface area contributed by atoms with Gasteiger partial charge in [-0.3, -0.25) is 9.59 Å². The molecule has 4 nitrogen and oxygen atoms in total. The van der Waals surface area contributed by atoms with Crippen molar-refractivity contribution < 1.29 is 9.59 Å². The van der Waals surface area contributed by atoms with Gasteiger partial charge in [0.15, 0.2) is 0 Å². The summed E-state index contributed by atoms with van der Waals surface area (Å²) in [5.74, 6) is -0.351. The second kappa shape index (κ2) is 7.07. The van der Waals surface area contributed by atoms with Gasteiger partial charge in [-0.05, 0) is 56.4 Å². The molecule has 0 aliphatic carbocycles.